The van der Waals surface area contributed by atoms with Crippen LogP contribution in [-0.2, 0) is 12.1 Å². The second kappa shape index (κ2) is 7.46. The second-order valence-electron chi connectivity index (χ2n) is 6.64. The first-order valence-corrected chi connectivity index (χ1v) is 8.89. The van der Waals surface area contributed by atoms with Gasteiger partial charge in [0.1, 0.15) is 17.2 Å². The van der Waals surface area contributed by atoms with Crippen LogP contribution in [0.2, 0.25) is 5.02 Å². The quantitative estimate of drug-likeness (QED) is 0.618. The first kappa shape index (κ1) is 17.8. The van der Waals surface area contributed by atoms with Crippen molar-refractivity contribution in [2.24, 2.45) is 0 Å². The summed E-state index contributed by atoms with van der Waals surface area (Å²) in [6, 6.07) is 15.4. The summed E-state index contributed by atoms with van der Waals surface area (Å²) in [6.45, 7) is 4.98. The number of aromatic nitrogens is 2. The van der Waals surface area contributed by atoms with Gasteiger partial charge in [0, 0.05) is 11.6 Å². The number of nitrogens with zero attached hydrogens (tertiary/aromatic N) is 2. The number of aliphatic hydroxyl groups is 1. The first-order valence-electron chi connectivity index (χ1n) is 8.51. The van der Waals surface area contributed by atoms with Gasteiger partial charge in [-0.1, -0.05) is 23.7 Å². The van der Waals surface area contributed by atoms with E-state index in [0.29, 0.717) is 17.5 Å². The van der Waals surface area contributed by atoms with Crippen LogP contribution in [0.3, 0.4) is 0 Å². The van der Waals surface area contributed by atoms with Crippen molar-refractivity contribution < 1.29 is 9.84 Å². The summed E-state index contributed by atoms with van der Waals surface area (Å²) in [5.41, 5.74) is 0.994. The SMILES string of the molecule is CC(C)(O)c1nc2ccccc2n1CCCCOc1ccc(Cl)cc1. The van der Waals surface area contributed by atoms with E-state index in [0.717, 1.165) is 36.2 Å². The van der Waals surface area contributed by atoms with Crippen LogP contribution < -0.4 is 4.74 Å². The van der Waals surface area contributed by atoms with Crippen molar-refractivity contribution in [1.82, 2.24) is 9.55 Å². The smallest absolute Gasteiger partial charge is 0.141 e. The van der Waals surface area contributed by atoms with Gasteiger partial charge in [0.2, 0.25) is 0 Å². The van der Waals surface area contributed by atoms with Gasteiger partial charge >= 0.3 is 0 Å². The average molecular weight is 359 g/mol. The van der Waals surface area contributed by atoms with Gasteiger partial charge < -0.3 is 14.4 Å². The Balaban J connectivity index is 1.62. The molecule has 0 bridgehead atoms. The topological polar surface area (TPSA) is 47.3 Å². The number of hydrogen-bond acceptors (Lipinski definition) is 3. The third-order valence-corrected chi connectivity index (χ3v) is 4.31. The van der Waals surface area contributed by atoms with Crippen molar-refractivity contribution >= 4 is 22.6 Å². The Morgan fingerprint density at radius 2 is 1.80 bits per heavy atom. The Kier molecular flexibility index (Phi) is 5.30. The summed E-state index contributed by atoms with van der Waals surface area (Å²) in [5, 5.41) is 11.1. The van der Waals surface area contributed by atoms with Crippen molar-refractivity contribution in [2.75, 3.05) is 6.61 Å². The number of rotatable bonds is 7. The zero-order valence-corrected chi connectivity index (χ0v) is 15.3. The van der Waals surface area contributed by atoms with Gasteiger partial charge in [-0.3, -0.25) is 0 Å². The molecule has 0 amide bonds. The molecule has 2 aromatic carbocycles. The summed E-state index contributed by atoms with van der Waals surface area (Å²) >= 11 is 5.87. The molecule has 0 atom stereocenters. The number of para-hydroxylation sites is 2. The lowest BCUT2D eigenvalue weighted by atomic mass is 10.1. The van der Waals surface area contributed by atoms with Crippen LogP contribution in [0.1, 0.15) is 32.5 Å². The van der Waals surface area contributed by atoms with Gasteiger partial charge in [0.05, 0.1) is 17.6 Å². The Morgan fingerprint density at radius 1 is 1.08 bits per heavy atom. The molecule has 1 N–H and O–H groups in total. The number of imidazole rings is 1. The van der Waals surface area contributed by atoms with E-state index in [9.17, 15) is 5.11 Å². The highest BCUT2D eigenvalue weighted by atomic mass is 35.5. The molecule has 0 radical (unpaired) electrons. The zero-order chi connectivity index (χ0) is 17.9. The Morgan fingerprint density at radius 3 is 2.52 bits per heavy atom. The van der Waals surface area contributed by atoms with Crippen molar-refractivity contribution in [3.05, 3.63) is 59.4 Å². The van der Waals surface area contributed by atoms with Gasteiger partial charge in [0.25, 0.3) is 0 Å². The number of halogens is 1. The highest BCUT2D eigenvalue weighted by molar-refractivity contribution is 6.30. The molecule has 0 spiro atoms. The molecule has 3 rings (SSSR count). The van der Waals surface area contributed by atoms with Crippen LogP contribution in [0.15, 0.2) is 48.5 Å². The van der Waals surface area contributed by atoms with Crippen LogP contribution in [0.5, 0.6) is 5.75 Å². The van der Waals surface area contributed by atoms with Crippen molar-refractivity contribution in [1.29, 1.82) is 0 Å². The Hall–Kier alpha value is -2.04. The Bertz CT molecular complexity index is 835. The molecule has 25 heavy (non-hydrogen) atoms. The lowest BCUT2D eigenvalue weighted by Gasteiger charge is -2.19. The molecule has 0 aliphatic rings. The van der Waals surface area contributed by atoms with Gasteiger partial charge in [-0.25, -0.2) is 4.98 Å². The third kappa shape index (κ3) is 4.33. The molecule has 1 aromatic heterocycles. The molecule has 132 valence electrons. The lowest BCUT2D eigenvalue weighted by molar-refractivity contribution is 0.0650. The van der Waals surface area contributed by atoms with E-state index in [-0.39, 0.29) is 0 Å². The highest BCUT2D eigenvalue weighted by Gasteiger charge is 2.24. The van der Waals surface area contributed by atoms with Gasteiger partial charge in [-0.2, -0.15) is 0 Å². The van der Waals surface area contributed by atoms with Gasteiger partial charge in [-0.15, -0.1) is 0 Å². The van der Waals surface area contributed by atoms with E-state index in [1.807, 2.05) is 48.5 Å². The molecular formula is C20H23ClN2O2. The molecule has 0 aliphatic carbocycles. The van der Waals surface area contributed by atoms with Crippen molar-refractivity contribution in [3.8, 4) is 5.75 Å². The molecule has 1 heterocycles. The fourth-order valence-electron chi connectivity index (χ4n) is 2.86. The fraction of sp³-hybridized carbons (Fsp3) is 0.350. The number of unbranched alkanes of at least 4 members (excludes halogenated alkanes) is 1. The normalized spacial score (nSPS) is 11.8. The highest BCUT2D eigenvalue weighted by Crippen LogP contribution is 2.25. The summed E-state index contributed by atoms with van der Waals surface area (Å²) in [7, 11) is 0. The molecule has 5 heteroatoms. The standard InChI is InChI=1S/C20H23ClN2O2/c1-20(2,24)19-22-17-7-3-4-8-18(17)23(19)13-5-6-14-25-16-11-9-15(21)10-12-16/h3-4,7-12,24H,5-6,13-14H2,1-2H3. The minimum Gasteiger partial charge on any atom is -0.494 e. The third-order valence-electron chi connectivity index (χ3n) is 4.06. The summed E-state index contributed by atoms with van der Waals surface area (Å²) < 4.78 is 7.84. The maximum atomic E-state index is 10.4. The molecule has 0 unspecified atom stereocenters. The second-order valence-corrected chi connectivity index (χ2v) is 7.08. The Labute approximate surface area is 153 Å². The predicted molar refractivity (Wildman–Crippen MR) is 101 cm³/mol. The molecule has 0 saturated carbocycles. The van der Waals surface area contributed by atoms with Crippen LogP contribution in [0.25, 0.3) is 11.0 Å². The largest absolute Gasteiger partial charge is 0.494 e. The summed E-state index contributed by atoms with van der Waals surface area (Å²) in [6.07, 6.45) is 1.86. The maximum absolute atomic E-state index is 10.4. The number of hydrogen-bond donors (Lipinski definition) is 1. The number of fused-ring (bicyclic) bond motifs is 1. The zero-order valence-electron chi connectivity index (χ0n) is 14.6. The monoisotopic (exact) mass is 358 g/mol. The molecule has 0 fully saturated rings. The van der Waals surface area contributed by atoms with Crippen LogP contribution >= 0.6 is 11.6 Å². The van der Waals surface area contributed by atoms with E-state index >= 15 is 0 Å². The van der Waals surface area contributed by atoms with E-state index in [1.165, 1.54) is 0 Å². The molecule has 3 aromatic rings. The number of ether oxygens (including phenoxy) is 1. The van der Waals surface area contributed by atoms with E-state index < -0.39 is 5.60 Å². The predicted octanol–water partition coefficient (Wildman–Crippen LogP) is 4.78. The van der Waals surface area contributed by atoms with Gasteiger partial charge in [0.15, 0.2) is 0 Å². The lowest BCUT2D eigenvalue weighted by Crippen LogP contribution is -2.22. The molecule has 0 aliphatic heterocycles. The number of aryl methyl sites for hydroxylation is 1. The molecular weight excluding hydrogens is 336 g/mol. The number of benzene rings is 2. The van der Waals surface area contributed by atoms with Crippen LogP contribution in [0.4, 0.5) is 0 Å². The maximum Gasteiger partial charge on any atom is 0.141 e. The van der Waals surface area contributed by atoms with E-state index in [1.54, 1.807) is 13.8 Å². The summed E-state index contributed by atoms with van der Waals surface area (Å²) in [5.74, 6) is 1.53. The van der Waals surface area contributed by atoms with Gasteiger partial charge in [-0.05, 0) is 63.1 Å². The first-order chi connectivity index (χ1) is 11.9. The van der Waals surface area contributed by atoms with Crippen molar-refractivity contribution in [3.63, 3.8) is 0 Å². The fourth-order valence-corrected chi connectivity index (χ4v) is 2.99. The van der Waals surface area contributed by atoms with E-state index in [4.69, 9.17) is 16.3 Å². The molecule has 0 saturated heterocycles. The van der Waals surface area contributed by atoms with E-state index in [2.05, 4.69) is 9.55 Å². The summed E-state index contributed by atoms with van der Waals surface area (Å²) in [4.78, 5) is 4.61. The minimum atomic E-state index is -0.973. The van der Waals surface area contributed by atoms with Crippen LogP contribution in [0, 0.1) is 0 Å². The van der Waals surface area contributed by atoms with Crippen molar-refractivity contribution in [2.45, 2.75) is 38.8 Å². The average Bonchev–Trinajstić information content (AvgIpc) is 2.95. The van der Waals surface area contributed by atoms with Crippen LogP contribution in [-0.4, -0.2) is 21.3 Å². The molecule has 4 nitrogen and oxygen atoms in total. The minimum absolute atomic E-state index is 0.645.